The third-order valence-corrected chi connectivity index (χ3v) is 4.29. The summed E-state index contributed by atoms with van der Waals surface area (Å²) >= 11 is 0. The van der Waals surface area contributed by atoms with Crippen LogP contribution in [0.15, 0.2) is 23.8 Å². The molecule has 1 unspecified atom stereocenters. The van der Waals surface area contributed by atoms with Gasteiger partial charge in [0.1, 0.15) is 12.7 Å². The first-order valence-corrected chi connectivity index (χ1v) is 8.52. The molecule has 3 rings (SSSR count). The van der Waals surface area contributed by atoms with Crippen LogP contribution >= 0.6 is 0 Å². The highest BCUT2D eigenvalue weighted by atomic mass is 15.3. The average Bonchev–Trinajstić information content (AvgIpc) is 3.22. The summed E-state index contributed by atoms with van der Waals surface area (Å²) in [5, 5.41) is 15.7. The number of aliphatic imine (C=N–C) groups is 1. The molecule has 8 nitrogen and oxygen atoms in total. The first-order valence-electron chi connectivity index (χ1n) is 8.52. The lowest BCUT2D eigenvalue weighted by Crippen LogP contribution is -2.46. The van der Waals surface area contributed by atoms with Gasteiger partial charge in [0.2, 0.25) is 0 Å². The average molecular weight is 330 g/mol. The van der Waals surface area contributed by atoms with E-state index >= 15 is 0 Å². The molecule has 0 bridgehead atoms. The van der Waals surface area contributed by atoms with Gasteiger partial charge in [-0.2, -0.15) is 10.2 Å². The van der Waals surface area contributed by atoms with Crippen molar-refractivity contribution in [3.8, 4) is 0 Å². The van der Waals surface area contributed by atoms with E-state index in [0.717, 1.165) is 38.3 Å². The largest absolute Gasteiger partial charge is 0.355 e. The number of hydrogen-bond acceptors (Lipinski definition) is 4. The van der Waals surface area contributed by atoms with Crippen LogP contribution in [0.2, 0.25) is 0 Å². The van der Waals surface area contributed by atoms with E-state index in [4.69, 9.17) is 5.10 Å². The Kier molecular flexibility index (Phi) is 5.12. The highest BCUT2D eigenvalue weighted by Crippen LogP contribution is 2.21. The molecule has 2 aromatic rings. The maximum Gasteiger partial charge on any atom is 0.191 e. The summed E-state index contributed by atoms with van der Waals surface area (Å²) in [7, 11) is 1.80. The maximum absolute atomic E-state index is 4.73. The molecule has 24 heavy (non-hydrogen) atoms. The molecule has 0 aromatic carbocycles. The third-order valence-electron chi connectivity index (χ3n) is 4.29. The molecule has 1 aliphatic carbocycles. The highest BCUT2D eigenvalue weighted by molar-refractivity contribution is 5.80. The molecule has 1 atom stereocenters. The van der Waals surface area contributed by atoms with Crippen LogP contribution in [-0.4, -0.2) is 50.1 Å². The molecule has 2 aromatic heterocycles. The number of rotatable bonds is 5. The monoisotopic (exact) mass is 330 g/mol. The van der Waals surface area contributed by atoms with Gasteiger partial charge in [-0.25, -0.2) is 4.98 Å². The minimum atomic E-state index is 0.366. The number of fused-ring (bicyclic) bond motifs is 1. The van der Waals surface area contributed by atoms with Gasteiger partial charge in [-0.15, -0.1) is 0 Å². The molecule has 0 amide bonds. The molecular formula is C16H26N8. The van der Waals surface area contributed by atoms with Crippen molar-refractivity contribution >= 4 is 5.96 Å². The van der Waals surface area contributed by atoms with E-state index in [2.05, 4.69) is 50.4 Å². The van der Waals surface area contributed by atoms with Crippen molar-refractivity contribution in [1.29, 1.82) is 0 Å². The minimum absolute atomic E-state index is 0.366. The summed E-state index contributed by atoms with van der Waals surface area (Å²) in [6.45, 7) is 5.83. The second kappa shape index (κ2) is 7.46. The Bertz CT molecular complexity index is 670. The molecule has 130 valence electrons. The summed E-state index contributed by atoms with van der Waals surface area (Å²) in [5.41, 5.74) is 2.60. The zero-order valence-corrected chi connectivity index (χ0v) is 14.6. The molecular weight excluding hydrogens is 304 g/mol. The number of aromatic nitrogens is 5. The van der Waals surface area contributed by atoms with E-state index in [1.807, 2.05) is 0 Å². The van der Waals surface area contributed by atoms with E-state index in [9.17, 15) is 0 Å². The Morgan fingerprint density at radius 2 is 2.33 bits per heavy atom. The number of nitrogens with one attached hydrogen (secondary N) is 2. The number of hydrogen-bond donors (Lipinski definition) is 2. The molecule has 0 fully saturated rings. The second-order valence-corrected chi connectivity index (χ2v) is 6.42. The summed E-state index contributed by atoms with van der Waals surface area (Å²) in [4.78, 5) is 8.25. The van der Waals surface area contributed by atoms with Crippen molar-refractivity contribution in [3.05, 3.63) is 30.1 Å². The van der Waals surface area contributed by atoms with Gasteiger partial charge < -0.3 is 10.6 Å². The van der Waals surface area contributed by atoms with E-state index in [0.29, 0.717) is 12.1 Å². The molecule has 0 aliphatic heterocycles. The van der Waals surface area contributed by atoms with Crippen LogP contribution in [0.25, 0.3) is 0 Å². The van der Waals surface area contributed by atoms with Gasteiger partial charge in [-0.3, -0.25) is 14.4 Å². The highest BCUT2D eigenvalue weighted by Gasteiger charge is 2.22. The number of aryl methyl sites for hydroxylation is 1. The lowest BCUT2D eigenvalue weighted by atomic mass is 9.94. The Labute approximate surface area is 142 Å². The lowest BCUT2D eigenvalue weighted by molar-refractivity contribution is 0.497. The van der Waals surface area contributed by atoms with Crippen molar-refractivity contribution in [3.63, 3.8) is 0 Å². The Morgan fingerprint density at radius 3 is 3.04 bits per heavy atom. The number of guanidine groups is 1. The Hall–Kier alpha value is -2.38. The second-order valence-electron chi connectivity index (χ2n) is 6.42. The zero-order chi connectivity index (χ0) is 16.9. The molecule has 0 saturated heterocycles. The summed E-state index contributed by atoms with van der Waals surface area (Å²) in [6, 6.07) is 0.777. The fourth-order valence-electron chi connectivity index (χ4n) is 2.93. The minimum Gasteiger partial charge on any atom is -0.355 e. The van der Waals surface area contributed by atoms with Crippen LogP contribution < -0.4 is 10.6 Å². The van der Waals surface area contributed by atoms with Crippen LogP contribution in [0, 0.1) is 0 Å². The fourth-order valence-corrected chi connectivity index (χ4v) is 2.93. The van der Waals surface area contributed by atoms with Gasteiger partial charge >= 0.3 is 0 Å². The smallest absolute Gasteiger partial charge is 0.191 e. The standard InChI is InChI=1S/C16H26N8/c1-12(2)24-9-13-4-5-14(8-15(13)22-24)21-16(17-3)19-6-7-23-11-18-10-20-23/h9-12,14H,4-8H2,1-3H3,(H2,17,19,21). The fraction of sp³-hybridized carbons (Fsp3) is 0.625. The molecule has 2 N–H and O–H groups in total. The van der Waals surface area contributed by atoms with Gasteiger partial charge in [0.05, 0.1) is 12.2 Å². The zero-order valence-electron chi connectivity index (χ0n) is 14.6. The summed E-state index contributed by atoms with van der Waals surface area (Å²) < 4.78 is 3.87. The van der Waals surface area contributed by atoms with Crippen LogP contribution in [0.5, 0.6) is 0 Å². The van der Waals surface area contributed by atoms with Crippen molar-refractivity contribution in [2.45, 2.75) is 51.7 Å². The van der Waals surface area contributed by atoms with Crippen molar-refractivity contribution in [1.82, 2.24) is 35.2 Å². The quantitative estimate of drug-likeness (QED) is 0.625. The van der Waals surface area contributed by atoms with Gasteiger partial charge in [0.15, 0.2) is 5.96 Å². The van der Waals surface area contributed by atoms with Crippen LogP contribution in [0.1, 0.15) is 37.6 Å². The Balaban J connectivity index is 1.51. The van der Waals surface area contributed by atoms with E-state index in [1.165, 1.54) is 11.3 Å². The molecule has 0 radical (unpaired) electrons. The topological polar surface area (TPSA) is 85.0 Å². The number of nitrogens with zero attached hydrogens (tertiary/aromatic N) is 6. The normalized spacial score (nSPS) is 17.8. The lowest BCUT2D eigenvalue weighted by Gasteiger charge is -2.24. The predicted molar refractivity (Wildman–Crippen MR) is 92.9 cm³/mol. The molecule has 0 spiro atoms. The van der Waals surface area contributed by atoms with Crippen molar-refractivity contribution in [2.24, 2.45) is 4.99 Å². The van der Waals surface area contributed by atoms with E-state index < -0.39 is 0 Å². The third kappa shape index (κ3) is 3.93. The van der Waals surface area contributed by atoms with Gasteiger partial charge in [-0.1, -0.05) is 0 Å². The molecule has 8 heteroatoms. The van der Waals surface area contributed by atoms with Gasteiger partial charge in [0.25, 0.3) is 0 Å². The summed E-state index contributed by atoms with van der Waals surface area (Å²) in [5.74, 6) is 0.826. The van der Waals surface area contributed by atoms with Gasteiger partial charge in [0, 0.05) is 38.3 Å². The van der Waals surface area contributed by atoms with E-state index in [1.54, 1.807) is 24.4 Å². The molecule has 2 heterocycles. The van der Waals surface area contributed by atoms with E-state index in [-0.39, 0.29) is 0 Å². The summed E-state index contributed by atoms with van der Waals surface area (Å²) in [6.07, 6.45) is 8.56. The first kappa shape index (κ1) is 16.5. The maximum atomic E-state index is 4.73. The van der Waals surface area contributed by atoms with Crippen molar-refractivity contribution in [2.75, 3.05) is 13.6 Å². The molecule has 1 aliphatic rings. The Morgan fingerprint density at radius 1 is 1.46 bits per heavy atom. The van der Waals surface area contributed by atoms with Crippen LogP contribution in [0.3, 0.4) is 0 Å². The van der Waals surface area contributed by atoms with Crippen molar-refractivity contribution < 1.29 is 0 Å². The van der Waals surface area contributed by atoms with Crippen LogP contribution in [-0.2, 0) is 19.4 Å². The predicted octanol–water partition coefficient (Wildman–Crippen LogP) is 0.778. The van der Waals surface area contributed by atoms with Gasteiger partial charge in [-0.05, 0) is 32.3 Å². The first-order chi connectivity index (χ1) is 11.7. The van der Waals surface area contributed by atoms with Crippen LogP contribution in [0.4, 0.5) is 0 Å². The molecule has 0 saturated carbocycles. The SMILES string of the molecule is CN=C(NCCn1cncn1)NC1CCc2cn(C(C)C)nc2C1.